The van der Waals surface area contributed by atoms with Gasteiger partial charge in [-0.25, -0.2) is 0 Å². The van der Waals surface area contributed by atoms with Gasteiger partial charge in [-0.1, -0.05) is 6.07 Å². The van der Waals surface area contributed by atoms with Crippen molar-refractivity contribution in [3.8, 4) is 0 Å². The summed E-state index contributed by atoms with van der Waals surface area (Å²) in [4.78, 5) is 25.4. The second-order valence-electron chi connectivity index (χ2n) is 4.86. The molecule has 20 heavy (non-hydrogen) atoms. The van der Waals surface area contributed by atoms with Crippen LogP contribution in [0, 0.1) is 0 Å². The number of pyridine rings is 1. The summed E-state index contributed by atoms with van der Waals surface area (Å²) >= 11 is 1.45. The molecule has 0 bridgehead atoms. The van der Waals surface area contributed by atoms with Crippen LogP contribution in [-0.2, 0) is 4.79 Å². The molecule has 1 aromatic rings. The standard InChI is InChI=1S/C14H16N4OS/c1-17-6-8-18(9-7-17)14-16-13(19)12(20-14)10-11-4-2-3-5-15-11/h2-5,10H,6-9H2,1H3. The zero-order valence-corrected chi connectivity index (χ0v) is 12.1. The summed E-state index contributed by atoms with van der Waals surface area (Å²) < 4.78 is 0. The maximum atomic E-state index is 12.0. The molecule has 2 aliphatic rings. The van der Waals surface area contributed by atoms with Gasteiger partial charge in [0.25, 0.3) is 5.91 Å². The molecule has 2 aliphatic heterocycles. The Morgan fingerprint density at radius 1 is 1.25 bits per heavy atom. The summed E-state index contributed by atoms with van der Waals surface area (Å²) in [6.07, 6.45) is 3.53. The lowest BCUT2D eigenvalue weighted by molar-refractivity contribution is -0.113. The molecule has 3 heterocycles. The van der Waals surface area contributed by atoms with Crippen LogP contribution in [-0.4, -0.2) is 59.1 Å². The van der Waals surface area contributed by atoms with E-state index in [1.54, 1.807) is 12.3 Å². The van der Waals surface area contributed by atoms with Gasteiger partial charge >= 0.3 is 0 Å². The van der Waals surface area contributed by atoms with Gasteiger partial charge < -0.3 is 9.80 Å². The topological polar surface area (TPSA) is 48.8 Å². The van der Waals surface area contributed by atoms with E-state index in [1.165, 1.54) is 11.8 Å². The van der Waals surface area contributed by atoms with Crippen LogP contribution < -0.4 is 0 Å². The summed E-state index contributed by atoms with van der Waals surface area (Å²) in [6, 6.07) is 5.65. The molecule has 0 aliphatic carbocycles. The highest BCUT2D eigenvalue weighted by Gasteiger charge is 2.27. The summed E-state index contributed by atoms with van der Waals surface area (Å²) in [6.45, 7) is 3.86. The third-order valence-corrected chi connectivity index (χ3v) is 4.39. The molecule has 1 fully saturated rings. The van der Waals surface area contributed by atoms with Gasteiger partial charge in [0.2, 0.25) is 0 Å². The molecule has 5 nitrogen and oxygen atoms in total. The van der Waals surface area contributed by atoms with Crippen LogP contribution in [0.4, 0.5) is 0 Å². The first kappa shape index (κ1) is 13.3. The van der Waals surface area contributed by atoms with Crippen LogP contribution in [0.1, 0.15) is 5.69 Å². The molecule has 6 heteroatoms. The highest BCUT2D eigenvalue weighted by molar-refractivity contribution is 8.18. The normalized spacial score (nSPS) is 22.4. The van der Waals surface area contributed by atoms with Gasteiger partial charge in [0, 0.05) is 32.4 Å². The van der Waals surface area contributed by atoms with Crippen molar-refractivity contribution in [2.75, 3.05) is 33.2 Å². The molecule has 3 rings (SSSR count). The van der Waals surface area contributed by atoms with Gasteiger partial charge in [-0.15, -0.1) is 0 Å². The second kappa shape index (κ2) is 5.76. The third kappa shape index (κ3) is 2.91. The third-order valence-electron chi connectivity index (χ3n) is 3.35. The van der Waals surface area contributed by atoms with E-state index < -0.39 is 0 Å². The predicted molar refractivity (Wildman–Crippen MR) is 81.3 cm³/mol. The highest BCUT2D eigenvalue weighted by atomic mass is 32.2. The van der Waals surface area contributed by atoms with Crippen LogP contribution in [0.2, 0.25) is 0 Å². The summed E-state index contributed by atoms with van der Waals surface area (Å²) in [5.41, 5.74) is 0.790. The first-order valence-corrected chi connectivity index (χ1v) is 7.41. The Morgan fingerprint density at radius 3 is 2.75 bits per heavy atom. The average molecular weight is 288 g/mol. The van der Waals surface area contributed by atoms with E-state index in [9.17, 15) is 4.79 Å². The largest absolute Gasteiger partial charge is 0.348 e. The van der Waals surface area contributed by atoms with Crippen molar-refractivity contribution in [1.29, 1.82) is 0 Å². The second-order valence-corrected chi connectivity index (χ2v) is 5.86. The molecule has 104 valence electrons. The van der Waals surface area contributed by atoms with Crippen molar-refractivity contribution >= 4 is 28.9 Å². The molecule has 0 atom stereocenters. The van der Waals surface area contributed by atoms with Crippen molar-refractivity contribution in [2.24, 2.45) is 4.99 Å². The monoisotopic (exact) mass is 288 g/mol. The Balaban J connectivity index is 1.71. The highest BCUT2D eigenvalue weighted by Crippen LogP contribution is 2.30. The number of nitrogens with zero attached hydrogens (tertiary/aromatic N) is 4. The smallest absolute Gasteiger partial charge is 0.286 e. The first-order valence-electron chi connectivity index (χ1n) is 6.59. The fraction of sp³-hybridized carbons (Fsp3) is 0.357. The minimum absolute atomic E-state index is 0.158. The zero-order chi connectivity index (χ0) is 13.9. The lowest BCUT2D eigenvalue weighted by Gasteiger charge is -2.32. The lowest BCUT2D eigenvalue weighted by atomic mass is 10.3. The van der Waals surface area contributed by atoms with Gasteiger partial charge in [-0.05, 0) is 37.0 Å². The summed E-state index contributed by atoms with van der Waals surface area (Å²) in [7, 11) is 2.11. The van der Waals surface area contributed by atoms with Gasteiger partial charge in [0.1, 0.15) is 0 Å². The van der Waals surface area contributed by atoms with Crippen LogP contribution in [0.15, 0.2) is 34.3 Å². The van der Waals surface area contributed by atoms with Gasteiger partial charge in [0.05, 0.1) is 10.6 Å². The molecular weight excluding hydrogens is 272 g/mol. The average Bonchev–Trinajstić information content (AvgIpc) is 2.82. The number of piperazine rings is 1. The fourth-order valence-electron chi connectivity index (χ4n) is 2.13. The Morgan fingerprint density at radius 2 is 2.05 bits per heavy atom. The van der Waals surface area contributed by atoms with E-state index in [4.69, 9.17) is 0 Å². The fourth-order valence-corrected chi connectivity index (χ4v) is 3.08. The Labute approximate surface area is 122 Å². The van der Waals surface area contributed by atoms with Gasteiger partial charge in [-0.3, -0.25) is 9.78 Å². The maximum Gasteiger partial charge on any atom is 0.286 e. The SMILES string of the molecule is CN1CCN(C2=NC(=O)C(=Cc3ccccn3)S2)CC1. The first-order chi connectivity index (χ1) is 9.72. The molecular formula is C14H16N4OS. The summed E-state index contributed by atoms with van der Waals surface area (Å²) in [5.74, 6) is -0.158. The van der Waals surface area contributed by atoms with Crippen LogP contribution >= 0.6 is 11.8 Å². The van der Waals surface area contributed by atoms with Crippen molar-refractivity contribution in [3.05, 3.63) is 35.0 Å². The van der Waals surface area contributed by atoms with E-state index in [2.05, 4.69) is 26.8 Å². The number of likely N-dealkylation sites (N-methyl/N-ethyl adjacent to an activating group) is 1. The number of hydrogen-bond donors (Lipinski definition) is 0. The van der Waals surface area contributed by atoms with Crippen LogP contribution in [0.5, 0.6) is 0 Å². The minimum atomic E-state index is -0.158. The number of carbonyl (C=O) groups is 1. The number of rotatable bonds is 1. The van der Waals surface area contributed by atoms with Gasteiger partial charge in [0.15, 0.2) is 5.17 Å². The number of thioether (sulfide) groups is 1. The number of aliphatic imine (C=N–C) groups is 1. The van der Waals surface area contributed by atoms with Crippen molar-refractivity contribution in [3.63, 3.8) is 0 Å². The molecule has 1 aromatic heterocycles. The van der Waals surface area contributed by atoms with E-state index in [1.807, 2.05) is 18.2 Å². The lowest BCUT2D eigenvalue weighted by Crippen LogP contribution is -2.46. The Bertz CT molecular complexity index is 562. The Hall–Kier alpha value is -1.66. The number of hydrogen-bond acceptors (Lipinski definition) is 5. The number of amidine groups is 1. The molecule has 0 radical (unpaired) electrons. The zero-order valence-electron chi connectivity index (χ0n) is 11.3. The van der Waals surface area contributed by atoms with Crippen molar-refractivity contribution < 1.29 is 4.79 Å². The number of aromatic nitrogens is 1. The predicted octanol–water partition coefficient (Wildman–Crippen LogP) is 1.30. The van der Waals surface area contributed by atoms with E-state index in [0.717, 1.165) is 37.0 Å². The van der Waals surface area contributed by atoms with Crippen LogP contribution in [0.3, 0.4) is 0 Å². The van der Waals surface area contributed by atoms with Crippen LogP contribution in [0.25, 0.3) is 6.08 Å². The molecule has 0 saturated carbocycles. The number of amides is 1. The maximum absolute atomic E-state index is 12.0. The molecule has 0 N–H and O–H groups in total. The molecule has 0 aromatic carbocycles. The van der Waals surface area contributed by atoms with Crippen molar-refractivity contribution in [1.82, 2.24) is 14.8 Å². The van der Waals surface area contributed by atoms with E-state index in [-0.39, 0.29) is 5.91 Å². The molecule has 0 unspecified atom stereocenters. The Kier molecular flexibility index (Phi) is 3.84. The quantitative estimate of drug-likeness (QED) is 0.729. The van der Waals surface area contributed by atoms with Gasteiger partial charge in [-0.2, -0.15) is 4.99 Å². The van der Waals surface area contributed by atoms with E-state index in [0.29, 0.717) is 4.91 Å². The molecule has 1 saturated heterocycles. The summed E-state index contributed by atoms with van der Waals surface area (Å²) in [5, 5.41) is 0.824. The molecule has 1 amide bonds. The minimum Gasteiger partial charge on any atom is -0.348 e. The molecule has 0 spiro atoms. The van der Waals surface area contributed by atoms with E-state index >= 15 is 0 Å². The number of carbonyl (C=O) groups excluding carboxylic acids is 1. The van der Waals surface area contributed by atoms with Crippen molar-refractivity contribution in [2.45, 2.75) is 0 Å².